The Morgan fingerprint density at radius 3 is 2.14 bits per heavy atom. The van der Waals surface area contributed by atoms with Crippen molar-refractivity contribution in [1.29, 1.82) is 0 Å². The molecule has 1 fully saturated rings. The Morgan fingerprint density at radius 1 is 1.71 bits per heavy atom. The van der Waals surface area contributed by atoms with Crippen molar-refractivity contribution in [3.8, 4) is 0 Å². The summed E-state index contributed by atoms with van der Waals surface area (Å²) in [6, 6.07) is 0. The van der Waals surface area contributed by atoms with Crippen molar-refractivity contribution in [2.45, 2.75) is 25.6 Å². The lowest BCUT2D eigenvalue weighted by molar-refractivity contribution is -0.108. The first kappa shape index (κ1) is 4.78. The van der Waals surface area contributed by atoms with Crippen molar-refractivity contribution < 1.29 is 9.53 Å². The zero-order chi connectivity index (χ0) is 5.49. The molecule has 0 saturated carbocycles. The summed E-state index contributed by atoms with van der Waals surface area (Å²) in [5, 5.41) is 0. The van der Waals surface area contributed by atoms with E-state index in [-0.39, 0.29) is 11.7 Å². The molecule has 0 radical (unpaired) electrons. The molecule has 1 saturated heterocycles. The molecule has 0 aromatic rings. The highest BCUT2D eigenvalue weighted by Gasteiger charge is 2.47. The van der Waals surface area contributed by atoms with Gasteiger partial charge in [-0.15, -0.1) is 0 Å². The summed E-state index contributed by atoms with van der Waals surface area (Å²) in [6.45, 7) is 3.79. The predicted octanol–water partition coefficient (Wildman–Crippen LogP) is 0.363. The summed E-state index contributed by atoms with van der Waals surface area (Å²) in [5.74, 6) is 0. The molecular formula is C5H8O2. The van der Waals surface area contributed by atoms with Crippen LogP contribution in [0.15, 0.2) is 0 Å². The zero-order valence-electron chi connectivity index (χ0n) is 4.47. The molecule has 2 heteroatoms. The van der Waals surface area contributed by atoms with Crippen molar-refractivity contribution in [1.82, 2.24) is 0 Å². The maximum atomic E-state index is 9.86. The Labute approximate surface area is 42.5 Å². The fraction of sp³-hybridized carbons (Fsp3) is 0.800. The normalized spacial score (nSPS) is 34.9. The summed E-state index contributed by atoms with van der Waals surface area (Å²) in [5.41, 5.74) is -0.151. The van der Waals surface area contributed by atoms with E-state index in [1.54, 1.807) is 0 Å². The van der Waals surface area contributed by atoms with Gasteiger partial charge in [0.05, 0.1) is 5.60 Å². The van der Waals surface area contributed by atoms with Crippen LogP contribution < -0.4 is 0 Å². The highest BCUT2D eigenvalue weighted by Crippen LogP contribution is 2.32. The lowest BCUT2D eigenvalue weighted by Gasteiger charge is -1.84. The monoisotopic (exact) mass is 100 g/mol. The highest BCUT2D eigenvalue weighted by molar-refractivity contribution is 5.62. The van der Waals surface area contributed by atoms with Crippen LogP contribution in [0.4, 0.5) is 0 Å². The summed E-state index contributed by atoms with van der Waals surface area (Å²) in [7, 11) is 0. The lowest BCUT2D eigenvalue weighted by atomic mass is 10.2. The van der Waals surface area contributed by atoms with Gasteiger partial charge in [0.2, 0.25) is 0 Å². The van der Waals surface area contributed by atoms with Gasteiger partial charge in [-0.1, -0.05) is 0 Å². The topological polar surface area (TPSA) is 29.6 Å². The van der Waals surface area contributed by atoms with Crippen LogP contribution in [-0.4, -0.2) is 18.0 Å². The van der Waals surface area contributed by atoms with Crippen LogP contribution in [0.5, 0.6) is 0 Å². The molecule has 2 nitrogen and oxygen atoms in total. The van der Waals surface area contributed by atoms with Gasteiger partial charge in [-0.25, -0.2) is 0 Å². The molecule has 1 aliphatic heterocycles. The molecular weight excluding hydrogens is 92.1 g/mol. The first-order chi connectivity index (χ1) is 3.17. The second kappa shape index (κ2) is 1.07. The second-order valence-corrected chi connectivity index (χ2v) is 2.28. The first-order valence-corrected chi connectivity index (χ1v) is 2.30. The van der Waals surface area contributed by atoms with Crippen LogP contribution in [0, 0.1) is 0 Å². The highest BCUT2D eigenvalue weighted by atomic mass is 16.6. The molecule has 0 N–H and O–H groups in total. The standard InChI is InChI=1S/C5H8O2/c1-5(2)4(3-6)7-5/h3-4H,1-2H3. The molecule has 0 bridgehead atoms. The van der Waals surface area contributed by atoms with Crippen LogP contribution in [-0.2, 0) is 9.53 Å². The first-order valence-electron chi connectivity index (χ1n) is 2.30. The van der Waals surface area contributed by atoms with Crippen LogP contribution in [0.2, 0.25) is 0 Å². The molecule has 1 unspecified atom stereocenters. The van der Waals surface area contributed by atoms with E-state index in [1.165, 1.54) is 0 Å². The van der Waals surface area contributed by atoms with Gasteiger partial charge in [-0.3, -0.25) is 0 Å². The van der Waals surface area contributed by atoms with Gasteiger partial charge in [0.25, 0.3) is 0 Å². The zero-order valence-corrected chi connectivity index (χ0v) is 4.47. The van der Waals surface area contributed by atoms with E-state index in [4.69, 9.17) is 4.74 Å². The van der Waals surface area contributed by atoms with Crippen molar-refractivity contribution in [3.63, 3.8) is 0 Å². The Hall–Kier alpha value is -0.370. The molecule has 0 aromatic carbocycles. The maximum absolute atomic E-state index is 9.86. The van der Waals surface area contributed by atoms with E-state index in [9.17, 15) is 4.79 Å². The molecule has 1 aliphatic rings. The summed E-state index contributed by atoms with van der Waals surface area (Å²) in [4.78, 5) is 9.86. The van der Waals surface area contributed by atoms with Crippen LogP contribution in [0.3, 0.4) is 0 Å². The number of ether oxygens (including phenoxy) is 1. The van der Waals surface area contributed by atoms with E-state index >= 15 is 0 Å². The molecule has 0 aliphatic carbocycles. The second-order valence-electron chi connectivity index (χ2n) is 2.28. The molecule has 1 heterocycles. The van der Waals surface area contributed by atoms with Crippen LogP contribution >= 0.6 is 0 Å². The molecule has 0 spiro atoms. The fourth-order valence-corrected chi connectivity index (χ4v) is 0.485. The fourth-order valence-electron chi connectivity index (χ4n) is 0.485. The van der Waals surface area contributed by atoms with Gasteiger partial charge in [0, 0.05) is 0 Å². The van der Waals surface area contributed by atoms with Gasteiger partial charge in [-0.2, -0.15) is 0 Å². The van der Waals surface area contributed by atoms with E-state index in [1.807, 2.05) is 13.8 Å². The molecule has 0 amide bonds. The summed E-state index contributed by atoms with van der Waals surface area (Å²) >= 11 is 0. The van der Waals surface area contributed by atoms with Crippen LogP contribution in [0.25, 0.3) is 0 Å². The minimum absolute atomic E-state index is 0.132. The number of carbonyl (C=O) groups excluding carboxylic acids is 1. The average Bonchev–Trinajstić information content (AvgIpc) is 2.13. The third-order valence-corrected chi connectivity index (χ3v) is 1.18. The summed E-state index contributed by atoms with van der Waals surface area (Å²) in [6.07, 6.45) is 0.701. The molecule has 40 valence electrons. The third-order valence-electron chi connectivity index (χ3n) is 1.18. The van der Waals surface area contributed by atoms with Gasteiger partial charge >= 0.3 is 0 Å². The van der Waals surface area contributed by atoms with E-state index < -0.39 is 0 Å². The van der Waals surface area contributed by atoms with E-state index in [2.05, 4.69) is 0 Å². The van der Waals surface area contributed by atoms with Crippen molar-refractivity contribution in [2.75, 3.05) is 0 Å². The maximum Gasteiger partial charge on any atom is 0.151 e. The third kappa shape index (κ3) is 0.657. The van der Waals surface area contributed by atoms with Crippen molar-refractivity contribution in [2.24, 2.45) is 0 Å². The number of hydrogen-bond donors (Lipinski definition) is 0. The quantitative estimate of drug-likeness (QED) is 0.352. The molecule has 1 atom stereocenters. The smallest absolute Gasteiger partial charge is 0.151 e. The van der Waals surface area contributed by atoms with E-state index in [0.717, 1.165) is 6.29 Å². The van der Waals surface area contributed by atoms with Crippen molar-refractivity contribution >= 4 is 6.29 Å². The number of hydrogen-bond acceptors (Lipinski definition) is 2. The molecule has 1 rings (SSSR count). The average molecular weight is 100 g/mol. The summed E-state index contributed by atoms with van der Waals surface area (Å²) < 4.78 is 4.89. The molecule has 0 aromatic heterocycles. The number of aldehydes is 1. The number of rotatable bonds is 1. The van der Waals surface area contributed by atoms with Crippen molar-refractivity contribution in [3.05, 3.63) is 0 Å². The van der Waals surface area contributed by atoms with Gasteiger partial charge in [0.1, 0.15) is 6.10 Å². The lowest BCUT2D eigenvalue weighted by Crippen LogP contribution is -2.02. The number of carbonyl (C=O) groups is 1. The minimum atomic E-state index is -0.151. The van der Waals surface area contributed by atoms with E-state index in [0.29, 0.717) is 0 Å². The number of epoxide rings is 1. The van der Waals surface area contributed by atoms with Gasteiger partial charge < -0.3 is 9.53 Å². The Morgan fingerprint density at radius 2 is 2.14 bits per heavy atom. The van der Waals surface area contributed by atoms with Crippen LogP contribution in [0.1, 0.15) is 13.8 Å². The minimum Gasteiger partial charge on any atom is -0.359 e. The predicted molar refractivity (Wildman–Crippen MR) is 25.0 cm³/mol. The van der Waals surface area contributed by atoms with Gasteiger partial charge in [-0.05, 0) is 13.8 Å². The largest absolute Gasteiger partial charge is 0.359 e. The SMILES string of the molecule is CC1(C)OC1C=O. The molecule has 7 heavy (non-hydrogen) atoms. The Kier molecular flexibility index (Phi) is 0.729. The Balaban J connectivity index is 2.44. The Bertz CT molecular complexity index is 96.3. The van der Waals surface area contributed by atoms with Gasteiger partial charge in [0.15, 0.2) is 6.29 Å².